The van der Waals surface area contributed by atoms with E-state index in [-0.39, 0.29) is 4.90 Å². The van der Waals surface area contributed by atoms with Crippen molar-refractivity contribution < 1.29 is 13.2 Å². The smallest absolute Gasteiger partial charge is 0.179 e. The van der Waals surface area contributed by atoms with Crippen LogP contribution in [0, 0.1) is 13.8 Å². The monoisotopic (exact) mass is 315 g/mol. The lowest BCUT2D eigenvalue weighted by Crippen LogP contribution is -2.37. The second-order valence-corrected chi connectivity index (χ2v) is 7.61. The van der Waals surface area contributed by atoms with Gasteiger partial charge in [-0.3, -0.25) is 4.90 Å². The largest absolute Gasteiger partial charge is 0.384 e. The summed E-state index contributed by atoms with van der Waals surface area (Å²) in [7, 11) is -3.28. The Morgan fingerprint density at radius 2 is 1.81 bits per heavy atom. The van der Waals surface area contributed by atoms with Gasteiger partial charge in [-0.25, -0.2) is 8.42 Å². The molecule has 0 aliphatic carbocycles. The lowest BCUT2D eigenvalue weighted by atomic mass is 10.3. The number of hydrogen-bond donors (Lipinski definition) is 1. The molecule has 0 unspecified atom stereocenters. The third-order valence-corrected chi connectivity index (χ3v) is 5.40. The first kappa shape index (κ1) is 16.3. The maximum atomic E-state index is 11.8. The molecule has 0 radical (unpaired) electrons. The normalized spacial score (nSPS) is 17.3. The zero-order valence-electron chi connectivity index (χ0n) is 13.1. The van der Waals surface area contributed by atoms with Gasteiger partial charge in [0.1, 0.15) is 10.7 Å². The Bertz CT molecular complexity index is 601. The van der Waals surface area contributed by atoms with Crippen molar-refractivity contribution in [2.75, 3.05) is 44.8 Å². The minimum atomic E-state index is -3.28. The number of aromatic nitrogens is 1. The Hall–Kier alpha value is -1.05. The van der Waals surface area contributed by atoms with Gasteiger partial charge in [-0.2, -0.15) is 0 Å². The molecule has 1 aliphatic heterocycles. The predicted octanol–water partition coefficient (Wildman–Crippen LogP) is 0.813. The molecule has 1 saturated heterocycles. The van der Waals surface area contributed by atoms with Crippen molar-refractivity contribution in [3.63, 3.8) is 0 Å². The van der Waals surface area contributed by atoms with E-state index in [1.54, 1.807) is 0 Å². The van der Waals surface area contributed by atoms with E-state index in [0.29, 0.717) is 5.82 Å². The number of nitrogens with two attached hydrogens (primary N) is 1. The molecule has 1 aromatic rings. The van der Waals surface area contributed by atoms with Gasteiger partial charge in [0.15, 0.2) is 9.84 Å². The zero-order chi connectivity index (χ0) is 15.6. The molecule has 1 aliphatic rings. The summed E-state index contributed by atoms with van der Waals surface area (Å²) in [4.78, 5) is 2.65. The van der Waals surface area contributed by atoms with Crippen LogP contribution in [0.1, 0.15) is 17.7 Å². The molecule has 7 heteroatoms. The van der Waals surface area contributed by atoms with Crippen molar-refractivity contribution in [1.82, 2.24) is 9.47 Å². The van der Waals surface area contributed by atoms with Crippen LogP contribution in [0.2, 0.25) is 0 Å². The first-order valence-electron chi connectivity index (χ1n) is 7.27. The lowest BCUT2D eigenvalue weighted by molar-refractivity contribution is 0.0369. The van der Waals surface area contributed by atoms with Gasteiger partial charge in [-0.05, 0) is 25.8 Å². The fourth-order valence-electron chi connectivity index (χ4n) is 2.90. The Balaban J connectivity index is 2.07. The molecule has 1 fully saturated rings. The average Bonchev–Trinajstić information content (AvgIpc) is 2.63. The fraction of sp³-hybridized carbons (Fsp3) is 0.714. The van der Waals surface area contributed by atoms with E-state index in [9.17, 15) is 8.42 Å². The molecule has 0 atom stereocenters. The number of morpholine rings is 1. The summed E-state index contributed by atoms with van der Waals surface area (Å²) in [6, 6.07) is 0. The van der Waals surface area contributed by atoms with Crippen LogP contribution in [-0.2, 0) is 21.1 Å². The van der Waals surface area contributed by atoms with Gasteiger partial charge < -0.3 is 15.0 Å². The molecule has 0 spiro atoms. The summed E-state index contributed by atoms with van der Waals surface area (Å²) in [6.07, 6.45) is 2.16. The van der Waals surface area contributed by atoms with E-state index >= 15 is 0 Å². The Labute approximate surface area is 126 Å². The highest BCUT2D eigenvalue weighted by Gasteiger charge is 2.22. The average molecular weight is 315 g/mol. The van der Waals surface area contributed by atoms with Crippen LogP contribution in [-0.4, -0.2) is 57.0 Å². The lowest BCUT2D eigenvalue weighted by Gasteiger charge is -2.26. The van der Waals surface area contributed by atoms with Gasteiger partial charge in [-0.15, -0.1) is 0 Å². The fourth-order valence-corrected chi connectivity index (χ4v) is 4.09. The zero-order valence-corrected chi connectivity index (χ0v) is 13.9. The Kier molecular flexibility index (Phi) is 4.95. The van der Waals surface area contributed by atoms with E-state index in [1.807, 2.05) is 18.4 Å². The van der Waals surface area contributed by atoms with Crippen LogP contribution in [0.3, 0.4) is 0 Å². The standard InChI is InChI=1S/C14H25N3O3S/c1-11-12(2)17(14(15)13(11)21(3,18)19)6-4-5-16-7-9-20-10-8-16/h4-10,15H2,1-3H3. The molecule has 0 saturated carbocycles. The van der Waals surface area contributed by atoms with Gasteiger partial charge in [0.25, 0.3) is 0 Å². The van der Waals surface area contributed by atoms with E-state index in [2.05, 4.69) is 4.90 Å². The number of rotatable bonds is 5. The van der Waals surface area contributed by atoms with Crippen molar-refractivity contribution in [2.45, 2.75) is 31.7 Å². The molecule has 0 aromatic carbocycles. The molecule has 0 bridgehead atoms. The topological polar surface area (TPSA) is 77.6 Å². The highest BCUT2D eigenvalue weighted by Crippen LogP contribution is 2.28. The summed E-state index contributed by atoms with van der Waals surface area (Å²) in [6.45, 7) is 8.99. The summed E-state index contributed by atoms with van der Waals surface area (Å²) in [5, 5.41) is 0. The SMILES string of the molecule is Cc1c(S(C)(=O)=O)c(N)n(CCCN2CCOCC2)c1C. The van der Waals surface area contributed by atoms with Crippen molar-refractivity contribution in [2.24, 2.45) is 0 Å². The molecule has 2 heterocycles. The van der Waals surface area contributed by atoms with Crippen LogP contribution in [0.15, 0.2) is 4.90 Å². The highest BCUT2D eigenvalue weighted by atomic mass is 32.2. The van der Waals surface area contributed by atoms with Gasteiger partial charge in [0.05, 0.1) is 13.2 Å². The molecule has 6 nitrogen and oxygen atoms in total. The summed E-state index contributed by atoms with van der Waals surface area (Å²) in [5.74, 6) is 0.370. The van der Waals surface area contributed by atoms with Gasteiger partial charge in [0.2, 0.25) is 0 Å². The van der Waals surface area contributed by atoms with E-state index in [0.717, 1.165) is 57.1 Å². The van der Waals surface area contributed by atoms with Crippen LogP contribution in [0.5, 0.6) is 0 Å². The number of ether oxygens (including phenoxy) is 1. The van der Waals surface area contributed by atoms with Gasteiger partial charge in [0, 0.05) is 38.1 Å². The number of hydrogen-bond acceptors (Lipinski definition) is 5. The predicted molar refractivity (Wildman–Crippen MR) is 83.3 cm³/mol. The van der Waals surface area contributed by atoms with E-state index in [4.69, 9.17) is 10.5 Å². The van der Waals surface area contributed by atoms with Crippen molar-refractivity contribution in [1.29, 1.82) is 0 Å². The molecule has 2 N–H and O–H groups in total. The van der Waals surface area contributed by atoms with Gasteiger partial charge >= 0.3 is 0 Å². The third kappa shape index (κ3) is 3.59. The third-order valence-electron chi connectivity index (χ3n) is 4.14. The molecule has 120 valence electrons. The van der Waals surface area contributed by atoms with Crippen molar-refractivity contribution in [3.05, 3.63) is 11.3 Å². The maximum absolute atomic E-state index is 11.8. The van der Waals surface area contributed by atoms with Crippen LogP contribution >= 0.6 is 0 Å². The summed E-state index contributed by atoms with van der Waals surface area (Å²) >= 11 is 0. The molecule has 0 amide bonds. The maximum Gasteiger partial charge on any atom is 0.179 e. The molecule has 2 rings (SSSR count). The molecule has 21 heavy (non-hydrogen) atoms. The Morgan fingerprint density at radius 3 is 2.33 bits per heavy atom. The number of anilines is 1. The second kappa shape index (κ2) is 6.37. The first-order valence-corrected chi connectivity index (χ1v) is 9.17. The highest BCUT2D eigenvalue weighted by molar-refractivity contribution is 7.91. The number of nitrogens with zero attached hydrogens (tertiary/aromatic N) is 2. The summed E-state index contributed by atoms with van der Waals surface area (Å²) < 4.78 is 30.9. The molecular weight excluding hydrogens is 290 g/mol. The number of sulfone groups is 1. The number of nitrogen functional groups attached to an aromatic ring is 1. The van der Waals surface area contributed by atoms with Crippen molar-refractivity contribution >= 4 is 15.7 Å². The van der Waals surface area contributed by atoms with E-state index < -0.39 is 9.84 Å². The minimum Gasteiger partial charge on any atom is -0.384 e. The van der Waals surface area contributed by atoms with Gasteiger partial charge in [-0.1, -0.05) is 0 Å². The second-order valence-electron chi connectivity index (χ2n) is 5.66. The Morgan fingerprint density at radius 1 is 1.19 bits per heavy atom. The van der Waals surface area contributed by atoms with E-state index in [1.165, 1.54) is 6.26 Å². The van der Waals surface area contributed by atoms with Crippen LogP contribution in [0.25, 0.3) is 0 Å². The summed E-state index contributed by atoms with van der Waals surface area (Å²) in [5.41, 5.74) is 7.77. The molecule has 1 aromatic heterocycles. The van der Waals surface area contributed by atoms with Crippen molar-refractivity contribution in [3.8, 4) is 0 Å². The van der Waals surface area contributed by atoms with Crippen LogP contribution in [0.4, 0.5) is 5.82 Å². The minimum absolute atomic E-state index is 0.284. The van der Waals surface area contributed by atoms with Crippen LogP contribution < -0.4 is 5.73 Å². The quantitative estimate of drug-likeness (QED) is 0.870. The molecular formula is C14H25N3O3S. The first-order chi connectivity index (χ1) is 9.82.